The summed E-state index contributed by atoms with van der Waals surface area (Å²) in [5.74, 6) is 0.637. The highest BCUT2D eigenvalue weighted by Gasteiger charge is 2.28. The van der Waals surface area contributed by atoms with E-state index in [1.807, 2.05) is 18.2 Å². The van der Waals surface area contributed by atoms with Crippen molar-refractivity contribution in [1.82, 2.24) is 4.90 Å². The number of piperazine rings is 1. The second kappa shape index (κ2) is 8.69. The summed E-state index contributed by atoms with van der Waals surface area (Å²) >= 11 is 13.4. The normalized spacial score (nSPS) is 18.4. The number of amides is 1. The Kier molecular flexibility index (Phi) is 6.04. The van der Waals surface area contributed by atoms with Gasteiger partial charge in [0.2, 0.25) is 0 Å². The van der Waals surface area contributed by atoms with Gasteiger partial charge in [0.1, 0.15) is 5.75 Å². The Morgan fingerprint density at radius 3 is 2.34 bits per heavy atom. The molecule has 0 unspecified atom stereocenters. The summed E-state index contributed by atoms with van der Waals surface area (Å²) in [6.45, 7) is 3.36. The number of thioether (sulfide) groups is 1. The molecule has 0 atom stereocenters. The molecule has 2 aromatic carbocycles. The van der Waals surface area contributed by atoms with Crippen molar-refractivity contribution in [2.24, 2.45) is 4.99 Å². The molecule has 0 aromatic heterocycles. The lowest BCUT2D eigenvalue weighted by Crippen LogP contribution is -2.47. The van der Waals surface area contributed by atoms with Crippen molar-refractivity contribution in [2.45, 2.75) is 0 Å². The van der Waals surface area contributed by atoms with Crippen molar-refractivity contribution < 1.29 is 9.53 Å². The molecule has 0 aliphatic carbocycles. The van der Waals surface area contributed by atoms with Gasteiger partial charge in [-0.05, 0) is 59.8 Å². The quantitative estimate of drug-likeness (QED) is 0.632. The Morgan fingerprint density at radius 1 is 1.00 bits per heavy atom. The maximum Gasteiger partial charge on any atom is 0.286 e. The van der Waals surface area contributed by atoms with Gasteiger partial charge in [-0.1, -0.05) is 29.3 Å². The van der Waals surface area contributed by atoms with Gasteiger partial charge in [0.15, 0.2) is 5.17 Å². The number of methoxy groups -OCH3 is 1. The minimum Gasteiger partial charge on any atom is -0.497 e. The fourth-order valence-corrected chi connectivity index (χ4v) is 4.51. The molecule has 0 spiro atoms. The zero-order valence-corrected chi connectivity index (χ0v) is 18.1. The van der Waals surface area contributed by atoms with Crippen molar-refractivity contribution >= 4 is 57.8 Å². The van der Waals surface area contributed by atoms with Crippen molar-refractivity contribution in [1.29, 1.82) is 0 Å². The lowest BCUT2D eigenvalue weighted by Gasteiger charge is -2.36. The first-order valence-electron chi connectivity index (χ1n) is 9.15. The number of carbonyl (C=O) groups is 1. The third kappa shape index (κ3) is 4.55. The minimum atomic E-state index is -0.214. The fourth-order valence-electron chi connectivity index (χ4n) is 3.24. The average Bonchev–Trinajstić information content (AvgIpc) is 3.11. The topological polar surface area (TPSA) is 45.1 Å². The van der Waals surface area contributed by atoms with E-state index in [-0.39, 0.29) is 5.91 Å². The van der Waals surface area contributed by atoms with Crippen molar-refractivity contribution in [2.75, 3.05) is 38.2 Å². The molecule has 150 valence electrons. The predicted octanol–water partition coefficient (Wildman–Crippen LogP) is 4.79. The van der Waals surface area contributed by atoms with Crippen LogP contribution in [-0.4, -0.2) is 49.3 Å². The van der Waals surface area contributed by atoms with Crippen LogP contribution < -0.4 is 9.64 Å². The number of halogens is 2. The van der Waals surface area contributed by atoms with Gasteiger partial charge in [0, 0.05) is 31.9 Å². The molecule has 1 saturated heterocycles. The van der Waals surface area contributed by atoms with Gasteiger partial charge >= 0.3 is 0 Å². The highest BCUT2D eigenvalue weighted by Crippen LogP contribution is 2.32. The smallest absolute Gasteiger partial charge is 0.286 e. The summed E-state index contributed by atoms with van der Waals surface area (Å²) in [4.78, 5) is 21.7. The van der Waals surface area contributed by atoms with Gasteiger partial charge in [0.25, 0.3) is 5.91 Å². The van der Waals surface area contributed by atoms with E-state index in [4.69, 9.17) is 27.9 Å². The first-order valence-corrected chi connectivity index (χ1v) is 10.7. The second-order valence-corrected chi connectivity index (χ2v) is 8.48. The number of amidine groups is 1. The maximum atomic E-state index is 12.3. The van der Waals surface area contributed by atoms with Crippen LogP contribution in [0.25, 0.3) is 6.08 Å². The largest absolute Gasteiger partial charge is 0.497 e. The van der Waals surface area contributed by atoms with E-state index < -0.39 is 0 Å². The first-order chi connectivity index (χ1) is 14.0. The molecule has 0 N–H and O–H groups in total. The number of hydrogen-bond donors (Lipinski definition) is 0. The number of rotatable bonds is 3. The van der Waals surface area contributed by atoms with Crippen LogP contribution in [0.4, 0.5) is 5.69 Å². The second-order valence-electron chi connectivity index (χ2n) is 6.66. The molecule has 29 heavy (non-hydrogen) atoms. The molecule has 1 fully saturated rings. The summed E-state index contributed by atoms with van der Waals surface area (Å²) in [7, 11) is 1.67. The number of nitrogens with zero attached hydrogens (tertiary/aromatic N) is 3. The lowest BCUT2D eigenvalue weighted by molar-refractivity contribution is -0.113. The van der Waals surface area contributed by atoms with Crippen LogP contribution >= 0.6 is 35.0 Å². The van der Waals surface area contributed by atoms with E-state index in [2.05, 4.69) is 26.9 Å². The van der Waals surface area contributed by atoms with Crippen LogP contribution in [0.1, 0.15) is 5.56 Å². The van der Waals surface area contributed by atoms with E-state index in [1.165, 1.54) is 17.4 Å². The SMILES string of the molecule is COc1ccc(N2CCN(C3=NC(=O)/C(=C/c4ccc(Cl)c(Cl)c4)S3)CC2)cc1. The van der Waals surface area contributed by atoms with E-state index >= 15 is 0 Å². The molecule has 4 rings (SSSR count). The van der Waals surface area contributed by atoms with E-state index in [0.29, 0.717) is 15.0 Å². The van der Waals surface area contributed by atoms with Crippen molar-refractivity contribution in [3.63, 3.8) is 0 Å². The number of anilines is 1. The zero-order valence-electron chi connectivity index (χ0n) is 15.8. The number of aliphatic imine (C=N–C) groups is 1. The van der Waals surface area contributed by atoms with Gasteiger partial charge in [-0.2, -0.15) is 4.99 Å². The predicted molar refractivity (Wildman–Crippen MR) is 121 cm³/mol. The van der Waals surface area contributed by atoms with E-state index in [1.54, 1.807) is 25.3 Å². The van der Waals surface area contributed by atoms with E-state index in [0.717, 1.165) is 42.7 Å². The summed E-state index contributed by atoms with van der Waals surface area (Å²) in [6, 6.07) is 13.4. The Balaban J connectivity index is 1.39. The summed E-state index contributed by atoms with van der Waals surface area (Å²) in [6.07, 6.45) is 1.80. The molecule has 2 aliphatic rings. The highest BCUT2D eigenvalue weighted by molar-refractivity contribution is 8.18. The van der Waals surface area contributed by atoms with Gasteiger partial charge in [-0.25, -0.2) is 0 Å². The molecular weight excluding hydrogens is 429 g/mol. The Hall–Kier alpha value is -2.15. The molecule has 2 aliphatic heterocycles. The Labute approximate surface area is 183 Å². The number of ether oxygens (including phenoxy) is 1. The summed E-state index contributed by atoms with van der Waals surface area (Å²) in [5, 5.41) is 1.72. The molecule has 2 aromatic rings. The van der Waals surface area contributed by atoms with Crippen LogP contribution in [0.3, 0.4) is 0 Å². The first kappa shape index (κ1) is 20.1. The molecule has 8 heteroatoms. The van der Waals surface area contributed by atoms with Gasteiger partial charge < -0.3 is 14.5 Å². The number of benzene rings is 2. The molecule has 2 heterocycles. The molecular formula is C21H19Cl2N3O2S. The van der Waals surface area contributed by atoms with Crippen LogP contribution in [0.15, 0.2) is 52.4 Å². The summed E-state index contributed by atoms with van der Waals surface area (Å²) in [5.41, 5.74) is 2.00. The molecule has 1 amide bonds. The Bertz CT molecular complexity index is 984. The highest BCUT2D eigenvalue weighted by atomic mass is 35.5. The van der Waals surface area contributed by atoms with Crippen LogP contribution in [0.5, 0.6) is 5.75 Å². The number of carbonyl (C=O) groups excluding carboxylic acids is 1. The zero-order chi connectivity index (χ0) is 20.4. The van der Waals surface area contributed by atoms with E-state index in [9.17, 15) is 4.79 Å². The molecule has 5 nitrogen and oxygen atoms in total. The Morgan fingerprint density at radius 2 is 1.69 bits per heavy atom. The van der Waals surface area contributed by atoms with Gasteiger partial charge in [-0.3, -0.25) is 4.79 Å². The van der Waals surface area contributed by atoms with Crippen LogP contribution in [0.2, 0.25) is 10.0 Å². The van der Waals surface area contributed by atoms with Crippen molar-refractivity contribution in [3.05, 3.63) is 63.0 Å². The monoisotopic (exact) mass is 447 g/mol. The van der Waals surface area contributed by atoms with Gasteiger partial charge in [-0.15, -0.1) is 0 Å². The molecule has 0 radical (unpaired) electrons. The summed E-state index contributed by atoms with van der Waals surface area (Å²) < 4.78 is 5.22. The standard InChI is InChI=1S/C21H19Cl2N3O2S/c1-28-16-5-3-15(4-6-16)25-8-10-26(11-9-25)21-24-20(27)19(29-21)13-14-2-7-17(22)18(23)12-14/h2-7,12-13H,8-11H2,1H3/b19-13-. The van der Waals surface area contributed by atoms with Crippen LogP contribution in [0, 0.1) is 0 Å². The lowest BCUT2D eigenvalue weighted by atomic mass is 10.2. The number of hydrogen-bond acceptors (Lipinski definition) is 5. The van der Waals surface area contributed by atoms with Crippen LogP contribution in [-0.2, 0) is 4.79 Å². The molecule has 0 bridgehead atoms. The van der Waals surface area contributed by atoms with Gasteiger partial charge in [0.05, 0.1) is 22.1 Å². The third-order valence-corrected chi connectivity index (χ3v) is 6.62. The molecule has 0 saturated carbocycles. The van der Waals surface area contributed by atoms with Crippen molar-refractivity contribution in [3.8, 4) is 5.75 Å². The average molecular weight is 448 g/mol. The maximum absolute atomic E-state index is 12.3. The minimum absolute atomic E-state index is 0.214. The third-order valence-electron chi connectivity index (χ3n) is 4.84. The fraction of sp³-hybridized carbons (Fsp3) is 0.238.